The van der Waals surface area contributed by atoms with Gasteiger partial charge in [-0.05, 0) is 30.4 Å². The SMILES string of the molecule is O=C(O)C1(NCCO)CCCc2ccccc21. The number of fused-ring (bicyclic) bond motifs is 1. The van der Waals surface area contributed by atoms with E-state index in [0.717, 1.165) is 24.0 Å². The number of rotatable bonds is 4. The van der Waals surface area contributed by atoms with E-state index in [1.165, 1.54) is 0 Å². The zero-order chi connectivity index (χ0) is 12.3. The van der Waals surface area contributed by atoms with E-state index in [1.54, 1.807) is 0 Å². The summed E-state index contributed by atoms with van der Waals surface area (Å²) >= 11 is 0. The van der Waals surface area contributed by atoms with Crippen LogP contribution in [0.3, 0.4) is 0 Å². The largest absolute Gasteiger partial charge is 0.480 e. The number of hydrogen-bond acceptors (Lipinski definition) is 3. The van der Waals surface area contributed by atoms with Gasteiger partial charge in [0.2, 0.25) is 0 Å². The van der Waals surface area contributed by atoms with Crippen molar-refractivity contribution in [3.05, 3.63) is 35.4 Å². The van der Waals surface area contributed by atoms with Crippen LogP contribution in [0.2, 0.25) is 0 Å². The highest BCUT2D eigenvalue weighted by atomic mass is 16.4. The van der Waals surface area contributed by atoms with Crippen LogP contribution in [-0.2, 0) is 16.8 Å². The van der Waals surface area contributed by atoms with Gasteiger partial charge >= 0.3 is 5.97 Å². The van der Waals surface area contributed by atoms with E-state index in [2.05, 4.69) is 5.32 Å². The standard InChI is InChI=1S/C13H17NO3/c15-9-8-14-13(12(16)17)7-3-5-10-4-1-2-6-11(10)13/h1-2,4,6,14-15H,3,5,7-9H2,(H,16,17). The summed E-state index contributed by atoms with van der Waals surface area (Å²) in [6.45, 7) is 0.234. The van der Waals surface area contributed by atoms with Gasteiger partial charge < -0.3 is 10.2 Å². The fourth-order valence-electron chi connectivity index (χ4n) is 2.58. The molecule has 0 saturated heterocycles. The third kappa shape index (κ3) is 2.06. The number of carboxylic acids is 1. The highest BCUT2D eigenvalue weighted by Gasteiger charge is 2.42. The third-order valence-corrected chi connectivity index (χ3v) is 3.38. The molecule has 2 rings (SSSR count). The van der Waals surface area contributed by atoms with Crippen LogP contribution in [0.25, 0.3) is 0 Å². The molecule has 4 nitrogen and oxygen atoms in total. The summed E-state index contributed by atoms with van der Waals surface area (Å²) in [5.74, 6) is -0.863. The molecule has 0 aliphatic heterocycles. The Kier molecular flexibility index (Phi) is 3.45. The molecule has 1 aliphatic rings. The van der Waals surface area contributed by atoms with Crippen LogP contribution in [-0.4, -0.2) is 29.3 Å². The molecule has 1 atom stereocenters. The maximum Gasteiger partial charge on any atom is 0.328 e. The molecular weight excluding hydrogens is 218 g/mol. The van der Waals surface area contributed by atoms with Crippen molar-refractivity contribution in [2.24, 2.45) is 0 Å². The third-order valence-electron chi connectivity index (χ3n) is 3.38. The molecule has 17 heavy (non-hydrogen) atoms. The van der Waals surface area contributed by atoms with Crippen molar-refractivity contribution in [3.63, 3.8) is 0 Å². The zero-order valence-corrected chi connectivity index (χ0v) is 9.65. The van der Waals surface area contributed by atoms with Crippen molar-refractivity contribution < 1.29 is 15.0 Å². The maximum absolute atomic E-state index is 11.6. The first-order valence-electron chi connectivity index (χ1n) is 5.88. The molecule has 0 saturated carbocycles. The Balaban J connectivity index is 2.43. The summed E-state index contributed by atoms with van der Waals surface area (Å²) in [5, 5.41) is 21.4. The predicted octanol–water partition coefficient (Wildman–Crippen LogP) is 0.885. The summed E-state index contributed by atoms with van der Waals surface area (Å²) in [4.78, 5) is 11.6. The Bertz CT molecular complexity index is 419. The number of aliphatic hydroxyl groups excluding tert-OH is 1. The van der Waals surface area contributed by atoms with Crippen LogP contribution in [0, 0.1) is 0 Å². The number of aliphatic carboxylic acids is 1. The fourth-order valence-corrected chi connectivity index (χ4v) is 2.58. The van der Waals surface area contributed by atoms with Gasteiger partial charge in [0.25, 0.3) is 0 Å². The molecule has 1 aromatic carbocycles. The van der Waals surface area contributed by atoms with E-state index >= 15 is 0 Å². The van der Waals surface area contributed by atoms with Gasteiger partial charge in [-0.15, -0.1) is 0 Å². The van der Waals surface area contributed by atoms with Crippen molar-refractivity contribution in [2.75, 3.05) is 13.2 Å². The number of nitrogens with one attached hydrogen (secondary N) is 1. The topological polar surface area (TPSA) is 69.6 Å². The minimum absolute atomic E-state index is 0.0583. The number of carboxylic acid groups (broad SMARTS) is 1. The van der Waals surface area contributed by atoms with Crippen LogP contribution >= 0.6 is 0 Å². The van der Waals surface area contributed by atoms with E-state index in [9.17, 15) is 9.90 Å². The quantitative estimate of drug-likeness (QED) is 0.724. The van der Waals surface area contributed by atoms with E-state index in [-0.39, 0.29) is 6.61 Å². The normalized spacial score (nSPS) is 23.1. The van der Waals surface area contributed by atoms with E-state index < -0.39 is 11.5 Å². The zero-order valence-electron chi connectivity index (χ0n) is 9.65. The van der Waals surface area contributed by atoms with Gasteiger partial charge in [-0.25, -0.2) is 4.79 Å². The molecule has 1 unspecified atom stereocenters. The second-order valence-electron chi connectivity index (χ2n) is 4.37. The molecule has 0 aromatic heterocycles. The molecule has 0 spiro atoms. The Morgan fingerprint density at radius 2 is 2.18 bits per heavy atom. The minimum atomic E-state index is -1.03. The molecule has 3 N–H and O–H groups in total. The Morgan fingerprint density at radius 3 is 2.88 bits per heavy atom. The summed E-state index contributed by atoms with van der Waals surface area (Å²) in [6, 6.07) is 7.64. The molecule has 0 amide bonds. The summed E-state index contributed by atoms with van der Waals surface area (Å²) in [5.41, 5.74) is 0.899. The molecular formula is C13H17NO3. The Hall–Kier alpha value is -1.39. The van der Waals surface area contributed by atoms with Crippen molar-refractivity contribution >= 4 is 5.97 Å². The number of aryl methyl sites for hydroxylation is 1. The molecule has 1 aliphatic carbocycles. The fraction of sp³-hybridized carbons (Fsp3) is 0.462. The first kappa shape index (κ1) is 12.1. The van der Waals surface area contributed by atoms with Gasteiger partial charge in [-0.2, -0.15) is 0 Å². The summed E-state index contributed by atoms with van der Waals surface area (Å²) in [6.07, 6.45) is 2.34. The monoisotopic (exact) mass is 235 g/mol. The predicted molar refractivity (Wildman–Crippen MR) is 63.8 cm³/mol. The maximum atomic E-state index is 11.6. The van der Waals surface area contributed by atoms with Crippen molar-refractivity contribution in [1.82, 2.24) is 5.32 Å². The average molecular weight is 235 g/mol. The van der Waals surface area contributed by atoms with Crippen LogP contribution in [0.4, 0.5) is 0 Å². The van der Waals surface area contributed by atoms with Gasteiger partial charge in [0.1, 0.15) is 5.54 Å². The molecule has 92 valence electrons. The Labute approximate surface area is 100 Å². The van der Waals surface area contributed by atoms with Gasteiger partial charge in [-0.1, -0.05) is 24.3 Å². The second-order valence-corrected chi connectivity index (χ2v) is 4.37. The molecule has 0 heterocycles. The van der Waals surface area contributed by atoms with Gasteiger partial charge in [-0.3, -0.25) is 5.32 Å². The second kappa shape index (κ2) is 4.85. The highest BCUT2D eigenvalue weighted by Crippen LogP contribution is 2.35. The van der Waals surface area contributed by atoms with Gasteiger partial charge in [0, 0.05) is 6.54 Å². The molecule has 0 fully saturated rings. The minimum Gasteiger partial charge on any atom is -0.480 e. The summed E-state index contributed by atoms with van der Waals surface area (Å²) in [7, 11) is 0. The van der Waals surface area contributed by atoms with Crippen LogP contribution in [0.1, 0.15) is 24.0 Å². The lowest BCUT2D eigenvalue weighted by molar-refractivity contribution is -0.146. The number of benzene rings is 1. The molecule has 4 heteroatoms. The van der Waals surface area contributed by atoms with Gasteiger partial charge in [0.15, 0.2) is 0 Å². The first-order valence-corrected chi connectivity index (χ1v) is 5.88. The lowest BCUT2D eigenvalue weighted by Crippen LogP contribution is -2.52. The molecule has 0 bridgehead atoms. The van der Waals surface area contributed by atoms with Crippen molar-refractivity contribution in [3.8, 4) is 0 Å². The van der Waals surface area contributed by atoms with Crippen molar-refractivity contribution in [2.45, 2.75) is 24.8 Å². The average Bonchev–Trinajstić information content (AvgIpc) is 2.36. The smallest absolute Gasteiger partial charge is 0.328 e. The molecule has 0 radical (unpaired) electrons. The lowest BCUT2D eigenvalue weighted by Gasteiger charge is -2.36. The Morgan fingerprint density at radius 1 is 1.41 bits per heavy atom. The number of hydrogen-bond donors (Lipinski definition) is 3. The van der Waals surface area contributed by atoms with Gasteiger partial charge in [0.05, 0.1) is 6.61 Å². The lowest BCUT2D eigenvalue weighted by atomic mass is 9.76. The highest BCUT2D eigenvalue weighted by molar-refractivity contribution is 5.81. The van der Waals surface area contributed by atoms with Crippen molar-refractivity contribution in [1.29, 1.82) is 0 Å². The molecule has 1 aromatic rings. The van der Waals surface area contributed by atoms with Crippen LogP contribution in [0.15, 0.2) is 24.3 Å². The van der Waals surface area contributed by atoms with E-state index in [4.69, 9.17) is 5.11 Å². The van der Waals surface area contributed by atoms with Crippen LogP contribution in [0.5, 0.6) is 0 Å². The van der Waals surface area contributed by atoms with E-state index in [0.29, 0.717) is 13.0 Å². The number of aliphatic hydroxyl groups is 1. The van der Waals surface area contributed by atoms with Crippen LogP contribution < -0.4 is 5.32 Å². The number of carbonyl (C=O) groups is 1. The first-order chi connectivity index (χ1) is 8.20. The summed E-state index contributed by atoms with van der Waals surface area (Å²) < 4.78 is 0. The van der Waals surface area contributed by atoms with E-state index in [1.807, 2.05) is 24.3 Å².